The van der Waals surface area contributed by atoms with Crippen molar-refractivity contribution in [3.8, 4) is 0 Å². The molecule has 2 aromatic carbocycles. The smallest absolute Gasteiger partial charge is 0.316 e. The fourth-order valence-electron chi connectivity index (χ4n) is 2.94. The van der Waals surface area contributed by atoms with Crippen LogP contribution in [-0.2, 0) is 16.6 Å². The van der Waals surface area contributed by atoms with E-state index in [9.17, 15) is 13.2 Å². The van der Waals surface area contributed by atoms with E-state index < -0.39 is 10.2 Å². The number of hydrogen-bond donors (Lipinski definition) is 3. The average molecular weight is 444 g/mol. The van der Waals surface area contributed by atoms with Gasteiger partial charge in [-0.15, -0.1) is 12.4 Å². The zero-order chi connectivity index (χ0) is 19.3. The van der Waals surface area contributed by atoms with Crippen molar-refractivity contribution >= 4 is 51.4 Å². The maximum atomic E-state index is 12.3. The predicted molar refractivity (Wildman–Crippen MR) is 116 cm³/mol. The van der Waals surface area contributed by atoms with E-state index in [0.29, 0.717) is 23.4 Å². The molecule has 3 N–H and O–H groups in total. The molecule has 6 nitrogen and oxygen atoms in total. The molecule has 2 aromatic rings. The molecular weight excluding hydrogens is 421 g/mol. The second kappa shape index (κ2) is 10.1. The van der Waals surface area contributed by atoms with Crippen LogP contribution in [-0.4, -0.2) is 27.3 Å². The number of hydrogen-bond acceptors (Lipinski definition) is 4. The summed E-state index contributed by atoms with van der Waals surface area (Å²) < 4.78 is 27.6. The van der Waals surface area contributed by atoms with Crippen LogP contribution in [0.3, 0.4) is 0 Å². The number of unbranched alkanes of at least 4 members (excludes halogenated alkanes) is 1. The first-order valence-corrected chi connectivity index (χ1v) is 10.7. The minimum atomic E-state index is -3.53. The monoisotopic (exact) mass is 443 g/mol. The number of carbonyl (C=O) groups is 1. The number of nitrogens with one attached hydrogen (secondary N) is 3. The summed E-state index contributed by atoms with van der Waals surface area (Å²) in [5.41, 5.74) is 2.53. The van der Waals surface area contributed by atoms with Gasteiger partial charge < -0.3 is 5.32 Å². The summed E-state index contributed by atoms with van der Waals surface area (Å²) in [6, 6.07) is 12.7. The van der Waals surface area contributed by atoms with E-state index in [-0.39, 0.29) is 18.2 Å². The topological polar surface area (TPSA) is 87.3 Å². The van der Waals surface area contributed by atoms with Crippen LogP contribution in [0.4, 0.5) is 11.4 Å². The molecule has 0 spiro atoms. The molecule has 0 atom stereocenters. The molecule has 1 heterocycles. The van der Waals surface area contributed by atoms with Gasteiger partial charge in [0.25, 0.3) is 0 Å². The van der Waals surface area contributed by atoms with E-state index >= 15 is 0 Å². The van der Waals surface area contributed by atoms with Crippen molar-refractivity contribution in [2.24, 2.45) is 0 Å². The van der Waals surface area contributed by atoms with Gasteiger partial charge >= 0.3 is 10.2 Å². The number of ketones is 1. The Labute approximate surface area is 176 Å². The fraction of sp³-hybridized carbons (Fsp3) is 0.316. The van der Waals surface area contributed by atoms with E-state index in [2.05, 4.69) is 14.8 Å². The van der Waals surface area contributed by atoms with Gasteiger partial charge in [-0.25, -0.2) is 0 Å². The standard InChI is InChI=1S/C19H22ClN3O3S.ClH/c20-16-6-2-1-5-14(16)10-12-21-11-4-3-7-19(24)15-8-9-17-18(13-15)23-27(25,26)22-17;/h1-2,5-6,8-9,13,21-23H,3-4,7,10-12H2;1H. The number of rotatable bonds is 9. The molecule has 0 bridgehead atoms. The number of Topliss-reactive ketones (excluding diaryl/α,β-unsaturated/α-hetero) is 1. The lowest BCUT2D eigenvalue weighted by molar-refractivity contribution is 0.0979. The highest BCUT2D eigenvalue weighted by Crippen LogP contribution is 2.30. The van der Waals surface area contributed by atoms with Gasteiger partial charge in [0.1, 0.15) is 0 Å². The molecule has 28 heavy (non-hydrogen) atoms. The molecule has 152 valence electrons. The lowest BCUT2D eigenvalue weighted by Crippen LogP contribution is -2.18. The Kier molecular flexibility index (Phi) is 8.12. The highest BCUT2D eigenvalue weighted by molar-refractivity contribution is 7.94. The van der Waals surface area contributed by atoms with Gasteiger partial charge in [0.2, 0.25) is 0 Å². The van der Waals surface area contributed by atoms with Gasteiger partial charge in [-0.3, -0.25) is 14.2 Å². The van der Waals surface area contributed by atoms with Crippen LogP contribution in [0.1, 0.15) is 35.2 Å². The van der Waals surface area contributed by atoms with Crippen molar-refractivity contribution in [2.45, 2.75) is 25.7 Å². The Bertz CT molecular complexity index is 936. The Hall–Kier alpha value is -1.80. The van der Waals surface area contributed by atoms with Crippen molar-refractivity contribution in [3.63, 3.8) is 0 Å². The molecule has 0 aliphatic carbocycles. The van der Waals surface area contributed by atoms with Crippen molar-refractivity contribution in [1.29, 1.82) is 0 Å². The third-order valence-corrected chi connectivity index (χ3v) is 5.71. The van der Waals surface area contributed by atoms with E-state index in [4.69, 9.17) is 11.6 Å². The number of benzene rings is 2. The van der Waals surface area contributed by atoms with Crippen LogP contribution in [0.25, 0.3) is 0 Å². The molecule has 0 fully saturated rings. The summed E-state index contributed by atoms with van der Waals surface area (Å²) in [6.45, 7) is 1.68. The van der Waals surface area contributed by atoms with E-state index in [1.54, 1.807) is 18.2 Å². The molecular formula is C19H23Cl2N3O3S. The van der Waals surface area contributed by atoms with Crippen molar-refractivity contribution in [3.05, 3.63) is 58.6 Å². The van der Waals surface area contributed by atoms with Gasteiger partial charge in [-0.05, 0) is 62.2 Å². The molecule has 0 saturated heterocycles. The minimum absolute atomic E-state index is 0. The van der Waals surface area contributed by atoms with E-state index in [1.807, 2.05) is 24.3 Å². The van der Waals surface area contributed by atoms with E-state index in [0.717, 1.165) is 42.9 Å². The van der Waals surface area contributed by atoms with Crippen molar-refractivity contribution < 1.29 is 13.2 Å². The molecule has 0 radical (unpaired) electrons. The van der Waals surface area contributed by atoms with Gasteiger partial charge in [0, 0.05) is 17.0 Å². The summed E-state index contributed by atoms with van der Waals surface area (Å²) in [6.07, 6.45) is 2.98. The Morgan fingerprint density at radius 1 is 1.00 bits per heavy atom. The molecule has 1 aliphatic heterocycles. The van der Waals surface area contributed by atoms with Crippen LogP contribution in [0, 0.1) is 0 Å². The average Bonchev–Trinajstić information content (AvgIpc) is 2.95. The maximum absolute atomic E-state index is 12.3. The second-order valence-electron chi connectivity index (χ2n) is 6.44. The summed E-state index contributed by atoms with van der Waals surface area (Å²) in [7, 11) is -3.53. The van der Waals surface area contributed by atoms with Crippen LogP contribution >= 0.6 is 24.0 Å². The van der Waals surface area contributed by atoms with Gasteiger partial charge in [-0.1, -0.05) is 29.8 Å². The Morgan fingerprint density at radius 2 is 1.75 bits per heavy atom. The summed E-state index contributed by atoms with van der Waals surface area (Å²) in [4.78, 5) is 12.3. The summed E-state index contributed by atoms with van der Waals surface area (Å²) >= 11 is 6.12. The van der Waals surface area contributed by atoms with Gasteiger partial charge in [-0.2, -0.15) is 8.42 Å². The molecule has 3 rings (SSSR count). The summed E-state index contributed by atoms with van der Waals surface area (Å²) in [5, 5.41) is 4.15. The van der Waals surface area contributed by atoms with Crippen molar-refractivity contribution in [1.82, 2.24) is 5.32 Å². The first-order valence-electron chi connectivity index (χ1n) is 8.86. The number of halogens is 2. The molecule has 0 aromatic heterocycles. The zero-order valence-corrected chi connectivity index (χ0v) is 17.6. The normalized spacial score (nSPS) is 13.8. The second-order valence-corrected chi connectivity index (χ2v) is 8.26. The van der Waals surface area contributed by atoms with Crippen LogP contribution < -0.4 is 14.8 Å². The van der Waals surface area contributed by atoms with Crippen LogP contribution in [0.2, 0.25) is 5.02 Å². The largest absolute Gasteiger partial charge is 0.321 e. The number of carbonyl (C=O) groups excluding carboxylic acids is 1. The Morgan fingerprint density at radius 3 is 2.54 bits per heavy atom. The first-order chi connectivity index (χ1) is 12.9. The summed E-state index contributed by atoms with van der Waals surface area (Å²) in [5.74, 6) is 0.0139. The third kappa shape index (κ3) is 6.10. The number of anilines is 2. The van der Waals surface area contributed by atoms with Crippen molar-refractivity contribution in [2.75, 3.05) is 22.5 Å². The molecule has 0 saturated carbocycles. The van der Waals surface area contributed by atoms with E-state index in [1.165, 1.54) is 0 Å². The quantitative estimate of drug-likeness (QED) is 0.403. The molecule has 0 unspecified atom stereocenters. The highest BCUT2D eigenvalue weighted by Gasteiger charge is 2.23. The van der Waals surface area contributed by atoms with Gasteiger partial charge in [0.05, 0.1) is 11.4 Å². The highest BCUT2D eigenvalue weighted by atomic mass is 35.5. The fourth-order valence-corrected chi connectivity index (χ4v) is 4.14. The number of fused-ring (bicyclic) bond motifs is 1. The minimum Gasteiger partial charge on any atom is -0.316 e. The lowest BCUT2D eigenvalue weighted by Gasteiger charge is -2.07. The van der Waals surface area contributed by atoms with Gasteiger partial charge in [0.15, 0.2) is 5.78 Å². The lowest BCUT2D eigenvalue weighted by atomic mass is 10.0. The molecule has 0 amide bonds. The predicted octanol–water partition coefficient (Wildman–Crippen LogP) is 4.03. The van der Waals surface area contributed by atoms with Crippen LogP contribution in [0.15, 0.2) is 42.5 Å². The molecule has 1 aliphatic rings. The molecule has 9 heteroatoms. The zero-order valence-electron chi connectivity index (χ0n) is 15.2. The van der Waals surface area contributed by atoms with Crippen LogP contribution in [0.5, 0.6) is 0 Å². The third-order valence-electron chi connectivity index (χ3n) is 4.37. The first kappa shape index (κ1) is 22.5. The SMILES string of the molecule is Cl.O=C(CCCCNCCc1ccccc1Cl)c1ccc2c(c1)NS(=O)(=O)N2. The maximum Gasteiger partial charge on any atom is 0.321 e. The Balaban J connectivity index is 0.00000280.